The van der Waals surface area contributed by atoms with Gasteiger partial charge in [-0.25, -0.2) is 9.78 Å². The molecule has 4 nitrogen and oxygen atoms in total. The van der Waals surface area contributed by atoms with E-state index in [1.807, 2.05) is 0 Å². The molecule has 0 fully saturated rings. The molecule has 8 heteroatoms. The Labute approximate surface area is 105 Å². The molecule has 0 atom stereocenters. The second kappa shape index (κ2) is 5.90. The first kappa shape index (κ1) is 14.6. The summed E-state index contributed by atoms with van der Waals surface area (Å²) in [6, 6.07) is 1.07. The zero-order valence-electron chi connectivity index (χ0n) is 9.00. The van der Waals surface area contributed by atoms with E-state index in [9.17, 15) is 18.0 Å². The Morgan fingerprint density at radius 3 is 2.72 bits per heavy atom. The van der Waals surface area contributed by atoms with Crippen LogP contribution in [0.15, 0.2) is 12.3 Å². The van der Waals surface area contributed by atoms with Gasteiger partial charge in [-0.3, -0.25) is 0 Å². The molecule has 1 N–H and O–H groups in total. The Bertz CT molecular complexity index is 437. The molecule has 1 aromatic heterocycles. The maximum absolute atomic E-state index is 11.8. The first-order chi connectivity index (χ1) is 8.29. The van der Waals surface area contributed by atoms with Crippen LogP contribution in [0.25, 0.3) is 0 Å². The summed E-state index contributed by atoms with van der Waals surface area (Å²) in [6.07, 6.45) is -4.35. The summed E-state index contributed by atoms with van der Waals surface area (Å²) in [6.45, 7) is -0.201. The van der Waals surface area contributed by atoms with Gasteiger partial charge in [0.1, 0.15) is 0 Å². The van der Waals surface area contributed by atoms with Crippen molar-refractivity contribution in [2.45, 2.75) is 19.0 Å². The van der Waals surface area contributed by atoms with Crippen LogP contribution in [0.4, 0.5) is 13.2 Å². The van der Waals surface area contributed by atoms with Crippen LogP contribution in [-0.2, 0) is 0 Å². The van der Waals surface area contributed by atoms with Gasteiger partial charge in [-0.2, -0.15) is 13.2 Å². The fraction of sp³-hybridized carbons (Fsp3) is 0.400. The minimum atomic E-state index is -4.23. The number of nitrogens with zero attached hydrogens (tertiary/aromatic N) is 1. The largest absolute Gasteiger partial charge is 0.478 e. The lowest BCUT2D eigenvalue weighted by atomic mass is 10.2. The summed E-state index contributed by atoms with van der Waals surface area (Å²) < 4.78 is 40.4. The number of carboxylic acids is 1. The zero-order chi connectivity index (χ0) is 13.8. The average Bonchev–Trinajstić information content (AvgIpc) is 2.24. The smallest absolute Gasteiger partial charge is 0.389 e. The maximum Gasteiger partial charge on any atom is 0.389 e. The van der Waals surface area contributed by atoms with E-state index in [1.165, 1.54) is 0 Å². The minimum Gasteiger partial charge on any atom is -0.478 e. The lowest BCUT2D eigenvalue weighted by Gasteiger charge is -2.08. The van der Waals surface area contributed by atoms with E-state index >= 15 is 0 Å². The highest BCUT2D eigenvalue weighted by molar-refractivity contribution is 6.33. The van der Waals surface area contributed by atoms with Gasteiger partial charge in [0.2, 0.25) is 5.88 Å². The summed E-state index contributed by atoms with van der Waals surface area (Å²) in [5.74, 6) is -1.33. The number of carbonyl (C=O) groups is 1. The van der Waals surface area contributed by atoms with Gasteiger partial charge < -0.3 is 9.84 Å². The van der Waals surface area contributed by atoms with E-state index in [1.54, 1.807) is 0 Å². The van der Waals surface area contributed by atoms with Crippen molar-refractivity contribution in [2.24, 2.45) is 0 Å². The van der Waals surface area contributed by atoms with E-state index < -0.39 is 18.6 Å². The monoisotopic (exact) mass is 283 g/mol. The molecule has 0 aliphatic rings. The van der Waals surface area contributed by atoms with Crippen LogP contribution < -0.4 is 4.74 Å². The number of carboxylic acid groups (broad SMARTS) is 1. The zero-order valence-corrected chi connectivity index (χ0v) is 9.75. The van der Waals surface area contributed by atoms with Crippen LogP contribution >= 0.6 is 11.6 Å². The van der Waals surface area contributed by atoms with Crippen molar-refractivity contribution < 1.29 is 27.8 Å². The van der Waals surface area contributed by atoms with Crippen molar-refractivity contribution in [1.29, 1.82) is 0 Å². The normalized spacial score (nSPS) is 11.3. The summed E-state index contributed by atoms with van der Waals surface area (Å²) in [5.41, 5.74) is -0.211. The van der Waals surface area contributed by atoms with Crippen molar-refractivity contribution in [3.05, 3.63) is 22.8 Å². The highest BCUT2D eigenvalue weighted by Gasteiger charge is 2.26. The number of rotatable bonds is 5. The van der Waals surface area contributed by atoms with Gasteiger partial charge in [0, 0.05) is 12.5 Å². The lowest BCUT2D eigenvalue weighted by molar-refractivity contribution is -0.136. The number of halogens is 4. The Hall–Kier alpha value is -1.50. The molecule has 0 radical (unpaired) electrons. The van der Waals surface area contributed by atoms with Crippen LogP contribution in [0.5, 0.6) is 5.88 Å². The summed E-state index contributed by atoms with van der Waals surface area (Å²) in [4.78, 5) is 14.4. The molecule has 0 saturated carbocycles. The molecular formula is C10H9ClF3NO3. The molecule has 1 rings (SSSR count). The molecule has 1 heterocycles. The fourth-order valence-corrected chi connectivity index (χ4v) is 1.30. The molecule has 0 amide bonds. The predicted octanol–water partition coefficient (Wildman–Crippen LogP) is 3.15. The van der Waals surface area contributed by atoms with Gasteiger partial charge >= 0.3 is 12.1 Å². The van der Waals surface area contributed by atoms with Crippen LogP contribution in [0.3, 0.4) is 0 Å². The van der Waals surface area contributed by atoms with E-state index in [4.69, 9.17) is 21.4 Å². The summed E-state index contributed by atoms with van der Waals surface area (Å²) in [5, 5.41) is 8.69. The Morgan fingerprint density at radius 1 is 1.50 bits per heavy atom. The number of hydrogen-bond donors (Lipinski definition) is 1. The highest BCUT2D eigenvalue weighted by atomic mass is 35.5. The molecule has 0 saturated heterocycles. The maximum atomic E-state index is 11.8. The second-order valence-corrected chi connectivity index (χ2v) is 3.78. The molecule has 0 aliphatic heterocycles. The number of aromatic carboxylic acids is 1. The second-order valence-electron chi connectivity index (χ2n) is 3.37. The van der Waals surface area contributed by atoms with Crippen molar-refractivity contribution in [2.75, 3.05) is 6.61 Å². The van der Waals surface area contributed by atoms with Gasteiger partial charge in [0.25, 0.3) is 0 Å². The van der Waals surface area contributed by atoms with E-state index in [-0.39, 0.29) is 29.5 Å². The molecule has 0 spiro atoms. The van der Waals surface area contributed by atoms with Gasteiger partial charge in [-0.15, -0.1) is 0 Å². The quantitative estimate of drug-likeness (QED) is 0.843. The molecule has 100 valence electrons. The molecule has 0 aromatic carbocycles. The standard InChI is InChI=1S/C10H9ClF3NO3/c11-7-5-15-8(4-6(7)9(16)17)18-3-1-2-10(12,13)14/h4-5H,1-3H2,(H,16,17). The third-order valence-corrected chi connectivity index (χ3v) is 2.22. The predicted molar refractivity (Wildman–Crippen MR) is 57.0 cm³/mol. The van der Waals surface area contributed by atoms with Crippen LogP contribution in [0, 0.1) is 0 Å². The summed E-state index contributed by atoms with van der Waals surface area (Å²) >= 11 is 5.56. The Balaban J connectivity index is 2.53. The third kappa shape index (κ3) is 4.79. The Kier molecular flexibility index (Phi) is 4.77. The fourth-order valence-electron chi connectivity index (χ4n) is 1.11. The topological polar surface area (TPSA) is 59.4 Å². The van der Waals surface area contributed by atoms with Gasteiger partial charge in [0.05, 0.1) is 23.4 Å². The lowest BCUT2D eigenvalue weighted by Crippen LogP contribution is -2.10. The van der Waals surface area contributed by atoms with Crippen molar-refractivity contribution >= 4 is 17.6 Å². The highest BCUT2D eigenvalue weighted by Crippen LogP contribution is 2.22. The number of aromatic nitrogens is 1. The first-order valence-corrected chi connectivity index (χ1v) is 5.26. The Morgan fingerprint density at radius 2 is 2.17 bits per heavy atom. The molecular weight excluding hydrogens is 275 g/mol. The van der Waals surface area contributed by atoms with Gasteiger partial charge in [-0.1, -0.05) is 11.6 Å². The van der Waals surface area contributed by atoms with Gasteiger partial charge in [-0.05, 0) is 6.42 Å². The van der Waals surface area contributed by atoms with E-state index in [0.717, 1.165) is 12.3 Å². The summed E-state index contributed by atoms with van der Waals surface area (Å²) in [7, 11) is 0. The van der Waals surface area contributed by atoms with Crippen LogP contribution in [0.2, 0.25) is 5.02 Å². The van der Waals surface area contributed by atoms with Crippen molar-refractivity contribution in [1.82, 2.24) is 4.98 Å². The van der Waals surface area contributed by atoms with E-state index in [2.05, 4.69) is 4.98 Å². The molecule has 1 aromatic rings. The third-order valence-electron chi connectivity index (χ3n) is 1.92. The number of hydrogen-bond acceptors (Lipinski definition) is 3. The molecule has 0 aliphatic carbocycles. The minimum absolute atomic E-state index is 0.0647. The number of pyridine rings is 1. The van der Waals surface area contributed by atoms with Crippen LogP contribution in [0.1, 0.15) is 23.2 Å². The number of alkyl halides is 3. The van der Waals surface area contributed by atoms with E-state index in [0.29, 0.717) is 0 Å². The molecule has 0 unspecified atom stereocenters. The molecule has 18 heavy (non-hydrogen) atoms. The van der Waals surface area contributed by atoms with Crippen molar-refractivity contribution in [3.63, 3.8) is 0 Å². The number of ether oxygens (including phenoxy) is 1. The van der Waals surface area contributed by atoms with Crippen LogP contribution in [-0.4, -0.2) is 28.8 Å². The van der Waals surface area contributed by atoms with Crippen molar-refractivity contribution in [3.8, 4) is 5.88 Å². The average molecular weight is 284 g/mol. The SMILES string of the molecule is O=C(O)c1cc(OCCCC(F)(F)F)ncc1Cl. The van der Waals surface area contributed by atoms with Gasteiger partial charge in [0.15, 0.2) is 0 Å². The molecule has 0 bridgehead atoms. The first-order valence-electron chi connectivity index (χ1n) is 4.88.